The quantitative estimate of drug-likeness (QED) is 0.763. The van der Waals surface area contributed by atoms with Crippen molar-refractivity contribution >= 4 is 27.6 Å². The van der Waals surface area contributed by atoms with Crippen molar-refractivity contribution in [1.29, 1.82) is 0 Å². The third kappa shape index (κ3) is 4.21. The van der Waals surface area contributed by atoms with Gasteiger partial charge >= 0.3 is 0 Å². The number of H-pyrrole nitrogens is 1. The molecule has 142 valence electrons. The number of ketones is 1. The summed E-state index contributed by atoms with van der Waals surface area (Å²) in [5.41, 5.74) is 1.38. The van der Waals surface area contributed by atoms with E-state index in [2.05, 4.69) is 26.2 Å². The van der Waals surface area contributed by atoms with Gasteiger partial charge in [0.2, 0.25) is 0 Å². The average molecular weight is 431 g/mol. The number of halogens is 1. The summed E-state index contributed by atoms with van der Waals surface area (Å²) in [4.78, 5) is 40.4. The lowest BCUT2D eigenvalue weighted by Crippen LogP contribution is -2.36. The maximum atomic E-state index is 12.7. The largest absolute Gasteiger partial charge is 0.345 e. The van der Waals surface area contributed by atoms with Crippen LogP contribution in [0, 0.1) is 5.41 Å². The van der Waals surface area contributed by atoms with E-state index in [9.17, 15) is 14.4 Å². The predicted molar refractivity (Wildman–Crippen MR) is 108 cm³/mol. The number of hydrogen-bond donors (Lipinski definition) is 2. The number of benzene rings is 1. The number of fused-ring (bicyclic) bond motifs is 1. The van der Waals surface area contributed by atoms with Gasteiger partial charge in [0, 0.05) is 22.2 Å². The number of amides is 1. The molecule has 0 saturated heterocycles. The molecular weight excluding hydrogens is 408 g/mol. The van der Waals surface area contributed by atoms with Crippen molar-refractivity contribution in [2.75, 3.05) is 0 Å². The smallest absolute Gasteiger partial charge is 0.261 e. The van der Waals surface area contributed by atoms with E-state index in [0.717, 1.165) is 10.0 Å². The van der Waals surface area contributed by atoms with Crippen LogP contribution in [0.3, 0.4) is 0 Å². The van der Waals surface area contributed by atoms with Crippen LogP contribution >= 0.6 is 15.9 Å². The normalized spacial score (nSPS) is 16.5. The fourth-order valence-electron chi connectivity index (χ4n) is 3.55. The van der Waals surface area contributed by atoms with E-state index < -0.39 is 11.5 Å². The number of Topliss-reactive ketones (excluding diaryl/α,β-unsaturated/α-hetero) is 1. The number of aromatic amines is 1. The van der Waals surface area contributed by atoms with Gasteiger partial charge in [0.15, 0.2) is 5.78 Å². The molecule has 1 atom stereocenters. The minimum Gasteiger partial charge on any atom is -0.345 e. The monoisotopic (exact) mass is 430 g/mol. The van der Waals surface area contributed by atoms with Crippen LogP contribution in [0.4, 0.5) is 0 Å². The van der Waals surface area contributed by atoms with Crippen LogP contribution in [-0.4, -0.2) is 16.7 Å². The second-order valence-corrected chi connectivity index (χ2v) is 8.75. The summed E-state index contributed by atoms with van der Waals surface area (Å²) in [6, 6.07) is 8.93. The maximum Gasteiger partial charge on any atom is 0.261 e. The molecule has 0 radical (unpaired) electrons. The van der Waals surface area contributed by atoms with Gasteiger partial charge in [0.1, 0.15) is 5.56 Å². The van der Waals surface area contributed by atoms with Gasteiger partial charge in [-0.3, -0.25) is 14.4 Å². The van der Waals surface area contributed by atoms with Crippen LogP contribution < -0.4 is 10.9 Å². The molecule has 0 bridgehead atoms. The minimum atomic E-state index is -0.466. The molecule has 0 fully saturated rings. The van der Waals surface area contributed by atoms with E-state index in [1.54, 1.807) is 0 Å². The molecule has 1 aliphatic rings. The van der Waals surface area contributed by atoms with Gasteiger partial charge < -0.3 is 10.3 Å². The predicted octanol–water partition coefficient (Wildman–Crippen LogP) is 4.17. The topological polar surface area (TPSA) is 79.0 Å². The Bertz CT molecular complexity index is 945. The summed E-state index contributed by atoms with van der Waals surface area (Å²) in [6.45, 7) is 5.96. The summed E-state index contributed by atoms with van der Waals surface area (Å²) >= 11 is 3.40. The van der Waals surface area contributed by atoms with Crippen LogP contribution in [0.15, 0.2) is 39.6 Å². The van der Waals surface area contributed by atoms with Gasteiger partial charge in [-0.15, -0.1) is 0 Å². The van der Waals surface area contributed by atoms with Crippen LogP contribution in [0.5, 0.6) is 0 Å². The minimum absolute atomic E-state index is 0.0163. The lowest BCUT2D eigenvalue weighted by molar-refractivity contribution is 0.0910. The summed E-state index contributed by atoms with van der Waals surface area (Å²) in [5, 5.41) is 2.91. The van der Waals surface area contributed by atoms with E-state index in [0.29, 0.717) is 30.5 Å². The van der Waals surface area contributed by atoms with Crippen LogP contribution in [-0.2, 0) is 6.42 Å². The van der Waals surface area contributed by atoms with E-state index in [4.69, 9.17) is 0 Å². The molecule has 5 nitrogen and oxygen atoms in total. The highest BCUT2D eigenvalue weighted by molar-refractivity contribution is 9.10. The number of carbonyl (C=O) groups excluding carboxylic acids is 2. The van der Waals surface area contributed by atoms with Crippen molar-refractivity contribution < 1.29 is 9.59 Å². The van der Waals surface area contributed by atoms with Gasteiger partial charge in [-0.1, -0.05) is 48.8 Å². The molecule has 3 rings (SSSR count). The molecule has 0 aliphatic heterocycles. The Balaban J connectivity index is 1.89. The van der Waals surface area contributed by atoms with Crippen LogP contribution in [0.25, 0.3) is 0 Å². The second-order valence-electron chi connectivity index (χ2n) is 7.83. The summed E-state index contributed by atoms with van der Waals surface area (Å²) in [5.74, 6) is -0.502. The maximum absolute atomic E-state index is 12.7. The lowest BCUT2D eigenvalue weighted by Gasteiger charge is -2.29. The number of pyridine rings is 1. The van der Waals surface area contributed by atoms with Gasteiger partial charge in [-0.25, -0.2) is 0 Å². The fourth-order valence-corrected chi connectivity index (χ4v) is 3.81. The number of hydrogen-bond acceptors (Lipinski definition) is 3. The average Bonchev–Trinajstić information content (AvgIpc) is 2.58. The number of nitrogens with one attached hydrogen (secondary N) is 2. The molecule has 0 spiro atoms. The Morgan fingerprint density at radius 3 is 2.52 bits per heavy atom. The highest BCUT2D eigenvalue weighted by Gasteiger charge is 2.32. The fraction of sp³-hybridized carbons (Fsp3) is 0.381. The van der Waals surface area contributed by atoms with Crippen molar-refractivity contribution in [3.63, 3.8) is 0 Å². The molecule has 6 heteroatoms. The zero-order valence-corrected chi connectivity index (χ0v) is 17.3. The molecule has 27 heavy (non-hydrogen) atoms. The SMILES string of the molecule is CCC(NC(=O)c1cc2c([nH]c1=O)CC(C)(C)CC2=O)c1ccc(Br)cc1. The van der Waals surface area contributed by atoms with Crippen molar-refractivity contribution in [2.24, 2.45) is 5.41 Å². The Kier molecular flexibility index (Phi) is 5.38. The van der Waals surface area contributed by atoms with Gasteiger partial charge in [0.25, 0.3) is 11.5 Å². The summed E-state index contributed by atoms with van der Waals surface area (Å²) in [7, 11) is 0. The third-order valence-corrected chi connectivity index (χ3v) is 5.48. The molecule has 1 unspecified atom stereocenters. The van der Waals surface area contributed by atoms with E-state index >= 15 is 0 Å². The summed E-state index contributed by atoms with van der Waals surface area (Å²) < 4.78 is 0.958. The molecule has 0 saturated carbocycles. The zero-order valence-electron chi connectivity index (χ0n) is 15.7. The molecule has 1 aliphatic carbocycles. The first-order valence-electron chi connectivity index (χ1n) is 9.06. The van der Waals surface area contributed by atoms with Crippen molar-refractivity contribution in [3.05, 3.63) is 67.5 Å². The highest BCUT2D eigenvalue weighted by Crippen LogP contribution is 2.33. The molecule has 1 heterocycles. The third-order valence-electron chi connectivity index (χ3n) is 4.95. The van der Waals surface area contributed by atoms with Gasteiger partial charge in [-0.2, -0.15) is 0 Å². The Hall–Kier alpha value is -2.21. The first-order chi connectivity index (χ1) is 12.7. The van der Waals surface area contributed by atoms with Crippen molar-refractivity contribution in [2.45, 2.75) is 46.1 Å². The Morgan fingerprint density at radius 1 is 1.22 bits per heavy atom. The number of aromatic nitrogens is 1. The molecule has 1 aromatic carbocycles. The first kappa shape index (κ1) is 19.5. The standard InChI is InChI=1S/C21H23BrN2O3/c1-4-16(12-5-7-13(22)8-6-12)23-19(26)15-9-14-17(24-20(15)27)10-21(2,3)11-18(14)25/h5-9,16H,4,10-11H2,1-3H3,(H,23,26)(H,24,27). The van der Waals surface area contributed by atoms with E-state index in [1.807, 2.05) is 45.0 Å². The van der Waals surface area contributed by atoms with Crippen molar-refractivity contribution in [3.8, 4) is 0 Å². The molecule has 1 aromatic heterocycles. The van der Waals surface area contributed by atoms with Crippen LogP contribution in [0.2, 0.25) is 0 Å². The number of rotatable bonds is 4. The van der Waals surface area contributed by atoms with Crippen LogP contribution in [0.1, 0.15) is 71.6 Å². The second kappa shape index (κ2) is 7.43. The molecule has 1 amide bonds. The number of carbonyl (C=O) groups is 2. The lowest BCUT2D eigenvalue weighted by atomic mass is 9.75. The van der Waals surface area contributed by atoms with Crippen molar-refractivity contribution in [1.82, 2.24) is 10.3 Å². The Morgan fingerprint density at radius 2 is 1.89 bits per heavy atom. The molecular formula is C21H23BrN2O3. The van der Waals surface area contributed by atoms with E-state index in [-0.39, 0.29) is 22.8 Å². The van der Waals surface area contributed by atoms with E-state index in [1.165, 1.54) is 6.07 Å². The summed E-state index contributed by atoms with van der Waals surface area (Å²) in [6.07, 6.45) is 1.70. The highest BCUT2D eigenvalue weighted by atomic mass is 79.9. The first-order valence-corrected chi connectivity index (χ1v) is 9.85. The zero-order chi connectivity index (χ0) is 19.8. The van der Waals surface area contributed by atoms with Gasteiger partial charge in [-0.05, 0) is 42.0 Å². The molecule has 2 N–H and O–H groups in total. The Labute approximate surface area is 166 Å². The molecule has 2 aromatic rings. The van der Waals surface area contributed by atoms with Gasteiger partial charge in [0.05, 0.1) is 6.04 Å².